The number of aromatic hydroxyl groups is 1. The zero-order valence-electron chi connectivity index (χ0n) is 11.7. The lowest BCUT2D eigenvalue weighted by Gasteiger charge is -2.12. The summed E-state index contributed by atoms with van der Waals surface area (Å²) in [6.07, 6.45) is 0. The Morgan fingerprint density at radius 3 is 2.35 bits per heavy atom. The summed E-state index contributed by atoms with van der Waals surface area (Å²) in [6.45, 7) is 3.85. The van der Waals surface area contributed by atoms with Crippen molar-refractivity contribution in [3.8, 4) is 11.5 Å². The van der Waals surface area contributed by atoms with Crippen LogP contribution in [-0.2, 0) is 0 Å². The molecule has 0 bridgehead atoms. The van der Waals surface area contributed by atoms with E-state index in [-0.39, 0.29) is 17.2 Å². The third-order valence-corrected chi connectivity index (χ3v) is 3.17. The standard InChI is InChI=1S/C16H17NO3/c1-10-5-4-6-11(2)15(10)17-16(19)13-8-7-12(20-3)9-14(13)18/h4-9,18H,1-3H3,(H,17,19). The van der Waals surface area contributed by atoms with Crippen molar-refractivity contribution in [2.45, 2.75) is 13.8 Å². The number of benzene rings is 2. The predicted octanol–water partition coefficient (Wildman–Crippen LogP) is 3.27. The minimum Gasteiger partial charge on any atom is -0.507 e. The van der Waals surface area contributed by atoms with Gasteiger partial charge >= 0.3 is 0 Å². The zero-order valence-corrected chi connectivity index (χ0v) is 11.7. The maximum Gasteiger partial charge on any atom is 0.259 e. The van der Waals surface area contributed by atoms with E-state index in [1.54, 1.807) is 6.07 Å². The number of anilines is 1. The normalized spacial score (nSPS) is 10.2. The van der Waals surface area contributed by atoms with E-state index in [0.29, 0.717) is 5.75 Å². The number of hydrogen-bond donors (Lipinski definition) is 2. The second-order valence-electron chi connectivity index (χ2n) is 4.60. The molecule has 2 aromatic rings. The van der Waals surface area contributed by atoms with Crippen molar-refractivity contribution >= 4 is 11.6 Å². The predicted molar refractivity (Wildman–Crippen MR) is 78.5 cm³/mol. The molecule has 0 unspecified atom stereocenters. The second-order valence-corrected chi connectivity index (χ2v) is 4.60. The van der Waals surface area contributed by atoms with Gasteiger partial charge < -0.3 is 15.2 Å². The molecule has 0 aliphatic carbocycles. The van der Waals surface area contributed by atoms with Crippen LogP contribution in [0.15, 0.2) is 36.4 Å². The van der Waals surface area contributed by atoms with Gasteiger partial charge in [0.15, 0.2) is 0 Å². The maximum atomic E-state index is 12.2. The molecule has 0 aliphatic heterocycles. The van der Waals surface area contributed by atoms with Crippen LogP contribution in [0.1, 0.15) is 21.5 Å². The van der Waals surface area contributed by atoms with Gasteiger partial charge in [-0.2, -0.15) is 0 Å². The quantitative estimate of drug-likeness (QED) is 0.900. The number of hydrogen-bond acceptors (Lipinski definition) is 3. The highest BCUT2D eigenvalue weighted by molar-refractivity contribution is 6.06. The molecule has 0 aliphatic rings. The SMILES string of the molecule is COc1ccc(C(=O)Nc2c(C)cccc2C)c(O)c1. The number of phenolic OH excluding ortho intramolecular Hbond substituents is 1. The van der Waals surface area contributed by atoms with E-state index in [1.807, 2.05) is 32.0 Å². The molecule has 0 fully saturated rings. The smallest absolute Gasteiger partial charge is 0.259 e. The molecule has 20 heavy (non-hydrogen) atoms. The molecule has 0 spiro atoms. The van der Waals surface area contributed by atoms with Gasteiger partial charge in [-0.1, -0.05) is 18.2 Å². The summed E-state index contributed by atoms with van der Waals surface area (Å²) in [5.74, 6) is 0.0572. The molecule has 0 radical (unpaired) electrons. The van der Waals surface area contributed by atoms with Gasteiger partial charge in [0.25, 0.3) is 5.91 Å². The van der Waals surface area contributed by atoms with Crippen LogP contribution in [0, 0.1) is 13.8 Å². The highest BCUT2D eigenvalue weighted by Crippen LogP contribution is 2.26. The van der Waals surface area contributed by atoms with Gasteiger partial charge in [0.2, 0.25) is 0 Å². The van der Waals surface area contributed by atoms with Gasteiger partial charge in [0.1, 0.15) is 11.5 Å². The van der Waals surface area contributed by atoms with E-state index < -0.39 is 0 Å². The largest absolute Gasteiger partial charge is 0.507 e. The Bertz CT molecular complexity index is 630. The van der Waals surface area contributed by atoms with Crippen molar-refractivity contribution in [2.75, 3.05) is 12.4 Å². The van der Waals surface area contributed by atoms with Crippen molar-refractivity contribution in [3.63, 3.8) is 0 Å². The number of carbonyl (C=O) groups excluding carboxylic acids is 1. The Morgan fingerprint density at radius 1 is 1.15 bits per heavy atom. The highest BCUT2D eigenvalue weighted by Gasteiger charge is 2.14. The molecular formula is C16H17NO3. The first kappa shape index (κ1) is 13.9. The van der Waals surface area contributed by atoms with E-state index in [9.17, 15) is 9.90 Å². The minimum atomic E-state index is -0.345. The van der Waals surface area contributed by atoms with Crippen LogP contribution in [0.5, 0.6) is 11.5 Å². The van der Waals surface area contributed by atoms with Crippen LogP contribution in [0.2, 0.25) is 0 Å². The summed E-state index contributed by atoms with van der Waals surface area (Å²) in [6, 6.07) is 10.4. The van der Waals surface area contributed by atoms with E-state index in [0.717, 1.165) is 16.8 Å². The third-order valence-electron chi connectivity index (χ3n) is 3.17. The van der Waals surface area contributed by atoms with Crippen molar-refractivity contribution < 1.29 is 14.6 Å². The first-order valence-electron chi connectivity index (χ1n) is 6.27. The number of phenols is 1. The highest BCUT2D eigenvalue weighted by atomic mass is 16.5. The van der Waals surface area contributed by atoms with Crippen LogP contribution in [0.25, 0.3) is 0 Å². The molecule has 0 heterocycles. The van der Waals surface area contributed by atoms with Gasteiger partial charge in [0.05, 0.1) is 12.7 Å². The molecule has 4 heteroatoms. The van der Waals surface area contributed by atoms with Gasteiger partial charge in [0, 0.05) is 11.8 Å². The first-order valence-corrected chi connectivity index (χ1v) is 6.27. The van der Waals surface area contributed by atoms with Gasteiger partial charge in [-0.3, -0.25) is 4.79 Å². The summed E-state index contributed by atoms with van der Waals surface area (Å²) < 4.78 is 4.99. The van der Waals surface area contributed by atoms with Crippen molar-refractivity contribution in [2.24, 2.45) is 0 Å². The number of ether oxygens (including phenoxy) is 1. The molecule has 2 N–H and O–H groups in total. The Labute approximate surface area is 118 Å². The Hall–Kier alpha value is -2.49. The van der Waals surface area contributed by atoms with Crippen LogP contribution in [0.3, 0.4) is 0 Å². The van der Waals surface area contributed by atoms with Crippen molar-refractivity contribution in [1.29, 1.82) is 0 Å². The van der Waals surface area contributed by atoms with Crippen LogP contribution < -0.4 is 10.1 Å². The average Bonchev–Trinajstić information content (AvgIpc) is 2.42. The molecule has 0 saturated carbocycles. The maximum absolute atomic E-state index is 12.2. The molecular weight excluding hydrogens is 254 g/mol. The van der Waals surface area contributed by atoms with Gasteiger partial charge in [-0.25, -0.2) is 0 Å². The van der Waals surface area contributed by atoms with Crippen molar-refractivity contribution in [3.05, 3.63) is 53.1 Å². The summed E-state index contributed by atoms with van der Waals surface area (Å²) in [5.41, 5.74) is 2.94. The fourth-order valence-electron chi connectivity index (χ4n) is 2.02. The molecule has 0 saturated heterocycles. The second kappa shape index (κ2) is 5.65. The molecule has 2 rings (SSSR count). The third kappa shape index (κ3) is 2.74. The molecule has 0 atom stereocenters. The first-order chi connectivity index (χ1) is 9.52. The Balaban J connectivity index is 2.29. The Morgan fingerprint density at radius 2 is 1.80 bits per heavy atom. The lowest BCUT2D eigenvalue weighted by atomic mass is 10.1. The number of aryl methyl sites for hydroxylation is 2. The van der Waals surface area contributed by atoms with E-state index in [4.69, 9.17) is 4.74 Å². The van der Waals surface area contributed by atoms with Crippen LogP contribution in [0.4, 0.5) is 5.69 Å². The fraction of sp³-hybridized carbons (Fsp3) is 0.188. The van der Waals surface area contributed by atoms with Gasteiger partial charge in [-0.05, 0) is 37.1 Å². The lowest BCUT2D eigenvalue weighted by Crippen LogP contribution is -2.14. The number of methoxy groups -OCH3 is 1. The number of para-hydroxylation sites is 1. The van der Waals surface area contributed by atoms with E-state index in [2.05, 4.69) is 5.32 Å². The number of carbonyl (C=O) groups is 1. The summed E-state index contributed by atoms with van der Waals surface area (Å²) in [7, 11) is 1.51. The molecule has 104 valence electrons. The fourth-order valence-corrected chi connectivity index (χ4v) is 2.02. The summed E-state index contributed by atoms with van der Waals surface area (Å²) in [4.78, 5) is 12.2. The van der Waals surface area contributed by atoms with E-state index >= 15 is 0 Å². The molecule has 1 amide bonds. The monoisotopic (exact) mass is 271 g/mol. The topological polar surface area (TPSA) is 58.6 Å². The zero-order chi connectivity index (χ0) is 14.7. The molecule has 4 nitrogen and oxygen atoms in total. The number of amides is 1. The van der Waals surface area contributed by atoms with Gasteiger partial charge in [-0.15, -0.1) is 0 Å². The summed E-state index contributed by atoms with van der Waals surface area (Å²) >= 11 is 0. The lowest BCUT2D eigenvalue weighted by molar-refractivity contribution is 0.102. The Kier molecular flexibility index (Phi) is 3.94. The van der Waals surface area contributed by atoms with Crippen LogP contribution in [-0.4, -0.2) is 18.1 Å². The average molecular weight is 271 g/mol. The molecule has 0 aromatic heterocycles. The van der Waals surface area contributed by atoms with Crippen molar-refractivity contribution in [1.82, 2.24) is 0 Å². The number of rotatable bonds is 3. The minimum absolute atomic E-state index is 0.104. The number of nitrogens with one attached hydrogen (secondary N) is 1. The summed E-state index contributed by atoms with van der Waals surface area (Å²) in [5, 5.41) is 12.7. The van der Waals surface area contributed by atoms with E-state index in [1.165, 1.54) is 19.2 Å². The molecule has 2 aromatic carbocycles. The van der Waals surface area contributed by atoms with Crippen LogP contribution >= 0.6 is 0 Å².